The number of benzene rings is 2. The van der Waals surface area contributed by atoms with Crippen LogP contribution in [0.5, 0.6) is 0 Å². The largest absolute Gasteiger partial charge is 0.435 e. The van der Waals surface area contributed by atoms with Crippen molar-refractivity contribution < 1.29 is 31.6 Å². The molecule has 2 aromatic rings. The molecule has 1 N–H and O–H groups in total. The van der Waals surface area contributed by atoms with Gasteiger partial charge in [0.2, 0.25) is 5.91 Å². The maximum atomic E-state index is 14.0. The first-order valence-electron chi connectivity index (χ1n) is 8.44. The first-order valence-corrected chi connectivity index (χ1v) is 9.20. The lowest BCUT2D eigenvalue weighted by molar-refractivity contribution is -0.275. The Bertz CT molecular complexity index is 1020. The molecule has 160 valence electrons. The molecule has 0 saturated carbocycles. The highest BCUT2D eigenvalue weighted by atomic mass is 35.5. The van der Waals surface area contributed by atoms with Crippen LogP contribution in [-0.4, -0.2) is 17.8 Å². The van der Waals surface area contributed by atoms with Gasteiger partial charge in [0.25, 0.3) is 5.60 Å². The van der Waals surface area contributed by atoms with E-state index in [1.54, 1.807) is 0 Å². The van der Waals surface area contributed by atoms with Gasteiger partial charge in [0.1, 0.15) is 5.82 Å². The van der Waals surface area contributed by atoms with E-state index in [0.29, 0.717) is 0 Å². The predicted molar refractivity (Wildman–Crippen MR) is 100 cm³/mol. The van der Waals surface area contributed by atoms with E-state index in [2.05, 4.69) is 10.5 Å². The van der Waals surface area contributed by atoms with Crippen LogP contribution in [0.25, 0.3) is 0 Å². The van der Waals surface area contributed by atoms with Gasteiger partial charge in [-0.3, -0.25) is 4.79 Å². The van der Waals surface area contributed by atoms with Gasteiger partial charge >= 0.3 is 6.18 Å². The van der Waals surface area contributed by atoms with Crippen molar-refractivity contribution in [2.45, 2.75) is 31.7 Å². The number of oxime groups is 1. The Morgan fingerprint density at radius 1 is 1.20 bits per heavy atom. The SMILES string of the molecule is CC(=O)NCc1cc(C2=NOC(c3cc(Cl)c(F)c(Cl)c3)(C(F)(F)F)C2)ccc1F. The second-order valence-corrected chi connectivity index (χ2v) is 7.42. The number of nitrogens with one attached hydrogen (secondary N) is 1. The molecule has 1 heterocycles. The second-order valence-electron chi connectivity index (χ2n) is 6.60. The van der Waals surface area contributed by atoms with Crippen LogP contribution in [0.3, 0.4) is 0 Å². The van der Waals surface area contributed by atoms with E-state index in [-0.39, 0.29) is 23.4 Å². The number of carbonyl (C=O) groups is 1. The van der Waals surface area contributed by atoms with Gasteiger partial charge in [-0.1, -0.05) is 34.4 Å². The fourth-order valence-electron chi connectivity index (χ4n) is 2.96. The summed E-state index contributed by atoms with van der Waals surface area (Å²) >= 11 is 11.3. The molecule has 1 unspecified atom stereocenters. The summed E-state index contributed by atoms with van der Waals surface area (Å²) in [5.74, 6) is -2.10. The quantitative estimate of drug-likeness (QED) is 0.478. The summed E-state index contributed by atoms with van der Waals surface area (Å²) < 4.78 is 69.7. The molecule has 30 heavy (non-hydrogen) atoms. The third kappa shape index (κ3) is 4.09. The molecule has 1 atom stereocenters. The lowest BCUT2D eigenvalue weighted by Gasteiger charge is -2.29. The summed E-state index contributed by atoms with van der Waals surface area (Å²) in [6.45, 7) is 1.09. The van der Waals surface area contributed by atoms with E-state index in [1.165, 1.54) is 19.1 Å². The number of alkyl halides is 3. The number of amides is 1. The number of rotatable bonds is 4. The minimum Gasteiger partial charge on any atom is -0.374 e. The lowest BCUT2D eigenvalue weighted by atomic mass is 9.86. The highest BCUT2D eigenvalue weighted by Crippen LogP contribution is 2.50. The zero-order chi connectivity index (χ0) is 22.3. The minimum atomic E-state index is -4.96. The molecular weight excluding hydrogens is 454 g/mol. The number of hydrogen-bond acceptors (Lipinski definition) is 3. The molecule has 0 spiro atoms. The lowest BCUT2D eigenvalue weighted by Crippen LogP contribution is -2.42. The first kappa shape index (κ1) is 22.3. The Kier molecular flexibility index (Phi) is 5.97. The van der Waals surface area contributed by atoms with Crippen LogP contribution in [0, 0.1) is 11.6 Å². The fraction of sp³-hybridized carbons (Fsp3) is 0.263. The molecule has 0 saturated heterocycles. The molecule has 0 aromatic heterocycles. The Morgan fingerprint density at radius 2 is 1.83 bits per heavy atom. The third-order valence-electron chi connectivity index (χ3n) is 4.54. The molecule has 11 heteroatoms. The van der Waals surface area contributed by atoms with Crippen molar-refractivity contribution in [3.63, 3.8) is 0 Å². The van der Waals surface area contributed by atoms with Crippen LogP contribution in [0.1, 0.15) is 30.0 Å². The van der Waals surface area contributed by atoms with Gasteiger partial charge in [-0.05, 0) is 24.3 Å². The van der Waals surface area contributed by atoms with Crippen LogP contribution >= 0.6 is 23.2 Å². The van der Waals surface area contributed by atoms with Crippen LogP contribution in [0.2, 0.25) is 10.0 Å². The monoisotopic (exact) mass is 466 g/mol. The summed E-state index contributed by atoms with van der Waals surface area (Å²) in [7, 11) is 0. The van der Waals surface area contributed by atoms with E-state index >= 15 is 0 Å². The molecule has 1 aliphatic rings. The van der Waals surface area contributed by atoms with Crippen LogP contribution in [-0.2, 0) is 21.8 Å². The molecule has 4 nitrogen and oxygen atoms in total. The third-order valence-corrected chi connectivity index (χ3v) is 5.09. The van der Waals surface area contributed by atoms with Crippen molar-refractivity contribution in [3.8, 4) is 0 Å². The van der Waals surface area contributed by atoms with Gasteiger partial charge in [-0.25, -0.2) is 8.78 Å². The molecule has 1 aliphatic heterocycles. The molecule has 2 aromatic carbocycles. The van der Waals surface area contributed by atoms with E-state index in [9.17, 15) is 26.7 Å². The number of carbonyl (C=O) groups excluding carboxylic acids is 1. The van der Waals surface area contributed by atoms with Crippen LogP contribution in [0.15, 0.2) is 35.5 Å². The normalized spacial score (nSPS) is 18.7. The van der Waals surface area contributed by atoms with Crippen molar-refractivity contribution >= 4 is 34.8 Å². The minimum absolute atomic E-state index is 0.0581. The van der Waals surface area contributed by atoms with Gasteiger partial charge in [0.15, 0.2) is 5.82 Å². The Hall–Kier alpha value is -2.39. The highest BCUT2D eigenvalue weighted by Gasteiger charge is 2.62. The summed E-state index contributed by atoms with van der Waals surface area (Å²) in [5, 5.41) is 4.77. The maximum absolute atomic E-state index is 14.0. The number of nitrogens with zero attached hydrogens (tertiary/aromatic N) is 1. The predicted octanol–water partition coefficient (Wildman–Crippen LogP) is 5.49. The van der Waals surface area contributed by atoms with Crippen molar-refractivity contribution in [1.82, 2.24) is 5.32 Å². The van der Waals surface area contributed by atoms with Crippen LogP contribution < -0.4 is 5.32 Å². The van der Waals surface area contributed by atoms with Crippen molar-refractivity contribution in [2.24, 2.45) is 5.16 Å². The molecule has 0 bridgehead atoms. The van der Waals surface area contributed by atoms with E-state index in [0.717, 1.165) is 18.2 Å². The average molecular weight is 467 g/mol. The maximum Gasteiger partial charge on any atom is 0.435 e. The Labute approximate surface area is 177 Å². The average Bonchev–Trinajstić information content (AvgIpc) is 3.11. The Morgan fingerprint density at radius 3 is 2.40 bits per heavy atom. The number of halogens is 7. The molecule has 3 rings (SSSR count). The van der Waals surface area contributed by atoms with Gasteiger partial charge in [0, 0.05) is 36.6 Å². The zero-order valence-corrected chi connectivity index (χ0v) is 16.7. The van der Waals surface area contributed by atoms with Gasteiger partial charge in [-0.15, -0.1) is 0 Å². The Balaban J connectivity index is 1.99. The van der Waals surface area contributed by atoms with Crippen molar-refractivity contribution in [1.29, 1.82) is 0 Å². The van der Waals surface area contributed by atoms with Gasteiger partial charge < -0.3 is 10.2 Å². The van der Waals surface area contributed by atoms with Gasteiger partial charge in [0.05, 0.1) is 15.8 Å². The summed E-state index contributed by atoms with van der Waals surface area (Å²) in [4.78, 5) is 15.9. The second kappa shape index (κ2) is 8.03. The first-order chi connectivity index (χ1) is 13.9. The topological polar surface area (TPSA) is 50.7 Å². The van der Waals surface area contributed by atoms with Gasteiger partial charge in [-0.2, -0.15) is 13.2 Å². The zero-order valence-electron chi connectivity index (χ0n) is 15.2. The summed E-state index contributed by atoms with van der Waals surface area (Å²) in [6, 6.07) is 5.12. The molecular formula is C19H13Cl2F5N2O2. The molecule has 0 fully saturated rings. The molecule has 0 aliphatic carbocycles. The molecule has 0 radical (unpaired) electrons. The van der Waals surface area contributed by atoms with Crippen molar-refractivity contribution in [2.75, 3.05) is 0 Å². The van der Waals surface area contributed by atoms with E-state index in [1.807, 2.05) is 0 Å². The smallest absolute Gasteiger partial charge is 0.374 e. The summed E-state index contributed by atoms with van der Waals surface area (Å²) in [5.41, 5.74) is -3.36. The van der Waals surface area contributed by atoms with Crippen molar-refractivity contribution in [3.05, 3.63) is 68.7 Å². The fourth-order valence-corrected chi connectivity index (χ4v) is 3.44. The molecule has 1 amide bonds. The van der Waals surface area contributed by atoms with Crippen LogP contribution in [0.4, 0.5) is 22.0 Å². The van der Waals surface area contributed by atoms with E-state index < -0.39 is 51.3 Å². The van der Waals surface area contributed by atoms with E-state index in [4.69, 9.17) is 28.0 Å². The number of hydrogen-bond donors (Lipinski definition) is 1. The summed E-state index contributed by atoms with van der Waals surface area (Å²) in [6.07, 6.45) is -5.73. The highest BCUT2D eigenvalue weighted by molar-refractivity contribution is 6.35. The standard InChI is InChI=1S/C19H13Cl2F5N2O2/c1-9(29)27-8-11-4-10(2-3-15(11)22)16-7-18(30-28-16,19(24,25)26)12-5-13(20)17(23)14(21)6-12/h2-6H,7-8H2,1H3,(H,27,29).